The Labute approximate surface area is 419 Å². The molecule has 0 saturated carbocycles. The number of phosphoric acid groups is 1. The fourth-order valence-electron chi connectivity index (χ4n) is 9.09. The van der Waals surface area contributed by atoms with Crippen molar-refractivity contribution in [3.63, 3.8) is 0 Å². The quantitative estimate of drug-likeness (QED) is 0.0345. The third-order valence-electron chi connectivity index (χ3n) is 14.1. The van der Waals surface area contributed by atoms with Crippen LogP contribution in [-0.2, 0) is 37.6 Å². The Morgan fingerprint density at radius 1 is 1.06 bits per heavy atom. The number of phosphoric ester groups is 1. The van der Waals surface area contributed by atoms with E-state index in [1.165, 1.54) is 26.6 Å². The van der Waals surface area contributed by atoms with Crippen molar-refractivity contribution in [2.75, 3.05) is 41.5 Å². The smallest absolute Gasteiger partial charge is 0.448 e. The Bertz CT molecular complexity index is 2080. The van der Waals surface area contributed by atoms with Gasteiger partial charge in [0, 0.05) is 68.8 Å². The van der Waals surface area contributed by atoms with Crippen molar-refractivity contribution >= 4 is 25.7 Å². The first-order chi connectivity index (χ1) is 33.0. The van der Waals surface area contributed by atoms with E-state index in [1.807, 2.05) is 46.8 Å². The summed E-state index contributed by atoms with van der Waals surface area (Å²) in [6.45, 7) is 16.4. The van der Waals surface area contributed by atoms with Crippen LogP contribution in [0.15, 0.2) is 63.9 Å². The van der Waals surface area contributed by atoms with Crippen LogP contribution in [0.4, 0.5) is 0 Å². The molecular formula is C50H83N4O16P. The Kier molecular flexibility index (Phi) is 23.7. The van der Waals surface area contributed by atoms with Gasteiger partial charge in [-0.25, -0.2) is 9.55 Å². The summed E-state index contributed by atoms with van der Waals surface area (Å²) in [5.74, 6) is -4.23. The van der Waals surface area contributed by atoms with Crippen molar-refractivity contribution in [1.82, 2.24) is 15.2 Å². The molecule has 71 heavy (non-hydrogen) atoms. The molecule has 21 heteroatoms. The first-order valence-electron chi connectivity index (χ1n) is 24.1. The van der Waals surface area contributed by atoms with E-state index in [2.05, 4.69) is 10.3 Å². The second-order valence-corrected chi connectivity index (χ2v) is 21.3. The summed E-state index contributed by atoms with van der Waals surface area (Å²) >= 11 is 0. The largest absolute Gasteiger partial charge is 0.469 e. The van der Waals surface area contributed by atoms with Crippen LogP contribution in [0.1, 0.15) is 105 Å². The van der Waals surface area contributed by atoms with Gasteiger partial charge in [-0.2, -0.15) is 0 Å². The first-order valence-corrected chi connectivity index (χ1v) is 25.6. The average Bonchev–Trinajstić information content (AvgIpc) is 3.83. The minimum atomic E-state index is -5.16. The van der Waals surface area contributed by atoms with Gasteiger partial charge in [-0.1, -0.05) is 77.5 Å². The maximum Gasteiger partial charge on any atom is 0.469 e. The topological polar surface area (TPSA) is 306 Å². The molecule has 0 aromatic carbocycles. The number of primary amides is 1. The first kappa shape index (κ1) is 61.9. The molecule has 20 nitrogen and oxygen atoms in total. The molecule has 2 amide bonds. The van der Waals surface area contributed by atoms with E-state index in [-0.39, 0.29) is 38.3 Å². The number of hydrogen-bond donors (Lipinski definition) is 9. The van der Waals surface area contributed by atoms with Crippen LogP contribution in [-0.4, -0.2) is 165 Å². The minimum Gasteiger partial charge on any atom is -0.448 e. The summed E-state index contributed by atoms with van der Waals surface area (Å²) in [7, 11) is 1.10. The molecular weight excluding hydrogens is 944 g/mol. The van der Waals surface area contributed by atoms with E-state index in [0.29, 0.717) is 23.6 Å². The van der Waals surface area contributed by atoms with Crippen LogP contribution >= 0.6 is 7.82 Å². The fraction of sp³-hybridized carbons (Fsp3) is 0.700. The molecule has 2 fully saturated rings. The van der Waals surface area contributed by atoms with Crippen molar-refractivity contribution in [1.29, 1.82) is 0 Å². The molecule has 2 aliphatic heterocycles. The molecule has 2 saturated heterocycles. The zero-order valence-electron chi connectivity index (χ0n) is 43.7. The highest BCUT2D eigenvalue weighted by molar-refractivity contribution is 7.46. The number of rotatable bonds is 27. The van der Waals surface area contributed by atoms with Gasteiger partial charge in [-0.15, -0.1) is 0 Å². The summed E-state index contributed by atoms with van der Waals surface area (Å²) in [6.07, 6.45) is 3.69. The lowest BCUT2D eigenvalue weighted by molar-refractivity contribution is -0.334. The number of aromatic nitrogens is 1. The number of ether oxygens (including phenoxy) is 4. The number of carbonyl (C=O) groups is 2. The number of aliphatic hydroxyl groups excluding tert-OH is 5. The molecule has 0 aliphatic carbocycles. The minimum absolute atomic E-state index is 0.0709. The fourth-order valence-corrected chi connectivity index (χ4v) is 9.77. The molecule has 0 bridgehead atoms. The van der Waals surface area contributed by atoms with Crippen LogP contribution < -0.4 is 11.1 Å². The number of amides is 2. The van der Waals surface area contributed by atoms with Crippen molar-refractivity contribution in [2.45, 2.75) is 161 Å². The second-order valence-electron chi connectivity index (χ2n) is 20.1. The van der Waals surface area contributed by atoms with Crippen molar-refractivity contribution < 1.29 is 77.4 Å². The molecule has 2 unspecified atom stereocenters. The lowest BCUT2D eigenvalue weighted by atomic mass is 9.72. The van der Waals surface area contributed by atoms with Gasteiger partial charge in [0.05, 0.1) is 43.2 Å². The lowest BCUT2D eigenvalue weighted by Gasteiger charge is -2.50. The number of hydrogen-bond acceptors (Lipinski definition) is 16. The molecule has 1 spiro atoms. The average molecular weight is 1030 g/mol. The second kappa shape index (κ2) is 27.2. The maximum atomic E-state index is 12.6. The molecule has 404 valence electrons. The van der Waals surface area contributed by atoms with E-state index in [4.69, 9.17) is 33.6 Å². The van der Waals surface area contributed by atoms with E-state index in [1.54, 1.807) is 71.0 Å². The molecule has 3 rings (SSSR count). The molecule has 3 heterocycles. The Morgan fingerprint density at radius 2 is 1.72 bits per heavy atom. The van der Waals surface area contributed by atoms with E-state index < -0.39 is 110 Å². The maximum absolute atomic E-state index is 12.6. The number of methoxy groups -OCH3 is 2. The van der Waals surface area contributed by atoms with Crippen LogP contribution in [0.2, 0.25) is 0 Å². The van der Waals surface area contributed by atoms with Crippen molar-refractivity contribution in [2.24, 2.45) is 28.9 Å². The summed E-state index contributed by atoms with van der Waals surface area (Å²) in [6, 6.07) is -0.597. The number of carbonyl (C=O) groups excluding carboxylic acids is 2. The van der Waals surface area contributed by atoms with E-state index >= 15 is 0 Å². The van der Waals surface area contributed by atoms with Gasteiger partial charge in [0.15, 0.2) is 17.8 Å². The van der Waals surface area contributed by atoms with Crippen LogP contribution in [0.3, 0.4) is 0 Å². The van der Waals surface area contributed by atoms with Gasteiger partial charge in [0.2, 0.25) is 5.91 Å². The van der Waals surface area contributed by atoms with Gasteiger partial charge in [-0.05, 0) is 64.9 Å². The lowest BCUT2D eigenvalue weighted by Crippen LogP contribution is -2.58. The van der Waals surface area contributed by atoms with Gasteiger partial charge in [0.1, 0.15) is 30.3 Å². The van der Waals surface area contributed by atoms with Crippen LogP contribution in [0.5, 0.6) is 0 Å². The van der Waals surface area contributed by atoms with E-state index in [9.17, 15) is 49.5 Å². The third kappa shape index (κ3) is 17.0. The highest BCUT2D eigenvalue weighted by Crippen LogP contribution is 2.59. The summed E-state index contributed by atoms with van der Waals surface area (Å²) in [5.41, 5.74) is 6.90. The summed E-state index contributed by atoms with van der Waals surface area (Å²) in [5, 5.41) is 58.3. The number of likely N-dealkylation sites (N-methyl/N-ethyl adjacent to an activating group) is 1. The highest BCUT2D eigenvalue weighted by atomic mass is 31.2. The molecule has 1 aromatic rings. The molecule has 0 radical (unpaired) electrons. The normalized spacial score (nSPS) is 27.5. The van der Waals surface area contributed by atoms with Gasteiger partial charge in [0.25, 0.3) is 5.91 Å². The predicted octanol–water partition coefficient (Wildman–Crippen LogP) is 3.65. The van der Waals surface area contributed by atoms with Crippen molar-refractivity contribution in [3.8, 4) is 0 Å². The zero-order chi connectivity index (χ0) is 53.8. The van der Waals surface area contributed by atoms with Crippen molar-refractivity contribution in [3.05, 3.63) is 71.0 Å². The summed E-state index contributed by atoms with van der Waals surface area (Å²) < 4.78 is 48.2. The number of oxazole rings is 1. The highest BCUT2D eigenvalue weighted by Gasteiger charge is 2.68. The number of allylic oxidation sites excluding steroid dienone is 6. The summed E-state index contributed by atoms with van der Waals surface area (Å²) in [4.78, 5) is 50.4. The number of nitrogens with zero attached hydrogens (tertiary/aromatic N) is 2. The molecule has 10 N–H and O–H groups in total. The van der Waals surface area contributed by atoms with E-state index in [0.717, 1.165) is 11.1 Å². The molecule has 15 atom stereocenters. The molecule has 2 aliphatic rings. The SMILES string of the molecule is COCC([C@@H](O)[C@@H](O)C(=O)NCC[C@@H](C)c1nc(/C=C/C[C@H]2OC3(C[C@H](O)[C@H]2C)O[C@@H]([C@@H](C[C@@H](O)[C@@H](C)[C@@H](O)[C@@H](C)/C=C(C)/C(C)=C/C=C/C(C)=C\C(N)=O)OC)[C@@H](OP(=O)(O)O)C3(C)C)co1)N(C)C. The third-order valence-corrected chi connectivity index (χ3v) is 14.6. The van der Waals surface area contributed by atoms with Gasteiger partial charge >= 0.3 is 7.82 Å². The zero-order valence-corrected chi connectivity index (χ0v) is 44.6. The Morgan fingerprint density at radius 3 is 2.31 bits per heavy atom. The van der Waals surface area contributed by atoms with Crippen LogP contribution in [0.25, 0.3) is 6.08 Å². The van der Waals surface area contributed by atoms with Crippen LogP contribution in [0, 0.1) is 23.2 Å². The number of nitrogens with two attached hydrogens (primary N) is 1. The Balaban J connectivity index is 1.74. The predicted molar refractivity (Wildman–Crippen MR) is 266 cm³/mol. The monoisotopic (exact) mass is 1030 g/mol. The number of nitrogens with one attached hydrogen (secondary N) is 1. The molecule has 1 aromatic heterocycles. The number of aliphatic hydroxyl groups is 5. The Hall–Kier alpha value is -3.44. The van der Waals surface area contributed by atoms with Gasteiger partial charge in [-0.3, -0.25) is 14.1 Å². The standard InChI is InChI=1S/C50H83N4O16P/c1-28(22-41(51)57)16-14-17-29(2)31(4)23-32(5)42(58)34(7)37(55)24-40(66-13)45-46(70-71(62,63)64)49(8,9)50(69-45)25-38(56)33(6)39(68-50)19-15-18-35-26-67-48(53-35)30(3)20-21-52-47(61)44(60)43(59)36(27-65-12)54(10)11/h14-18,22-23,26,30,32-34,36-40,42-46,55-56,58-60H,19-21,24-25,27H2,1-13H3,(H2,51,57)(H,52,61)(H2,62,63,64)/b16-14+,18-15+,28-22-,29-17+,31-23+/t30-,32+,33-,34-,36?,37-,38+,39-,40-,42+,43-,44-,45+,46-,50?/m1/s1. The van der Waals surface area contributed by atoms with Gasteiger partial charge < -0.3 is 74.6 Å².